The average Bonchev–Trinajstić information content (AvgIpc) is 2.59. The first-order valence-corrected chi connectivity index (χ1v) is 15.4. The highest BCUT2D eigenvalue weighted by atomic mass is 28.4. The molecular formula is C24H32OSi2. The van der Waals surface area contributed by atoms with Crippen LogP contribution in [0.25, 0.3) is 5.76 Å². The average molecular weight is 393 g/mol. The quantitative estimate of drug-likeness (QED) is 0.343. The highest BCUT2D eigenvalue weighted by Crippen LogP contribution is 2.39. The van der Waals surface area contributed by atoms with Gasteiger partial charge >= 0.3 is 0 Å². The Hall–Kier alpha value is -2.03. The zero-order valence-electron chi connectivity index (χ0n) is 17.8. The molecule has 27 heavy (non-hydrogen) atoms. The normalized spacial score (nSPS) is 12.1. The van der Waals surface area contributed by atoms with Crippen molar-refractivity contribution in [2.75, 3.05) is 0 Å². The van der Waals surface area contributed by atoms with E-state index in [9.17, 15) is 0 Å². The molecule has 0 saturated carbocycles. The van der Waals surface area contributed by atoms with Crippen LogP contribution in [-0.2, 0) is 4.43 Å². The molecular weight excluding hydrogens is 360 g/mol. The Labute approximate surface area is 167 Å². The largest absolute Gasteiger partial charge is 0.543 e. The molecule has 2 aromatic carbocycles. The topological polar surface area (TPSA) is 9.23 Å². The summed E-state index contributed by atoms with van der Waals surface area (Å²) >= 11 is 0. The van der Waals surface area contributed by atoms with Crippen molar-refractivity contribution in [1.29, 1.82) is 0 Å². The summed E-state index contributed by atoms with van der Waals surface area (Å²) in [7, 11) is -3.74. The predicted octanol–water partition coefficient (Wildman–Crippen LogP) is 6.19. The van der Waals surface area contributed by atoms with Crippen molar-refractivity contribution in [3.8, 4) is 11.5 Å². The second-order valence-corrected chi connectivity index (χ2v) is 17.9. The zero-order chi connectivity index (χ0) is 20.3. The van der Waals surface area contributed by atoms with Gasteiger partial charge in [0.15, 0.2) is 8.07 Å². The van der Waals surface area contributed by atoms with Crippen LogP contribution in [0, 0.1) is 11.5 Å². The van der Waals surface area contributed by atoms with Crippen LogP contribution in [0.5, 0.6) is 0 Å². The molecule has 0 atom stereocenters. The molecule has 1 nitrogen and oxygen atoms in total. The van der Waals surface area contributed by atoms with E-state index in [0.717, 1.165) is 16.9 Å². The molecule has 0 fully saturated rings. The summed E-state index contributed by atoms with van der Waals surface area (Å²) < 4.78 is 6.43. The molecule has 0 N–H and O–H groups in total. The van der Waals surface area contributed by atoms with Crippen molar-refractivity contribution in [1.82, 2.24) is 0 Å². The highest BCUT2D eigenvalue weighted by Gasteiger charge is 2.39. The first kappa shape index (κ1) is 21.3. The maximum atomic E-state index is 6.43. The Kier molecular flexibility index (Phi) is 6.24. The fraction of sp³-hybridized carbons (Fsp3) is 0.333. The molecule has 142 valence electrons. The summed E-state index contributed by atoms with van der Waals surface area (Å²) in [5.41, 5.74) is 5.59. The third-order valence-electron chi connectivity index (χ3n) is 5.42. The SMILES string of the molecule is C=C(O[Si](C)(C)C(C)(C)C)c1ccccc1C#C[Si](C)(C)c1ccccc1. The molecule has 0 heterocycles. The minimum Gasteiger partial charge on any atom is -0.543 e. The summed E-state index contributed by atoms with van der Waals surface area (Å²) in [5, 5.41) is 1.49. The van der Waals surface area contributed by atoms with Gasteiger partial charge in [0.2, 0.25) is 8.32 Å². The van der Waals surface area contributed by atoms with Gasteiger partial charge in [-0.2, -0.15) is 0 Å². The molecule has 0 aromatic heterocycles. The lowest BCUT2D eigenvalue weighted by Gasteiger charge is -2.37. The minimum absolute atomic E-state index is 0.138. The molecule has 0 aliphatic rings. The standard InChI is InChI=1S/C24H32OSi2/c1-20(25-27(7,8)24(2,3)4)23-17-13-12-14-21(23)18-19-26(5,6)22-15-10-9-11-16-22/h9-17H,1H2,2-8H3. The smallest absolute Gasteiger partial charge is 0.250 e. The van der Waals surface area contributed by atoms with E-state index >= 15 is 0 Å². The third kappa shape index (κ3) is 5.25. The maximum absolute atomic E-state index is 6.43. The van der Waals surface area contributed by atoms with Gasteiger partial charge in [-0.15, -0.1) is 5.54 Å². The molecule has 0 spiro atoms. The summed E-state index contributed by atoms with van der Waals surface area (Å²) in [6, 6.07) is 18.8. The van der Waals surface area contributed by atoms with E-state index in [1.807, 2.05) is 12.1 Å². The Morgan fingerprint density at radius 3 is 2.04 bits per heavy atom. The first-order valence-electron chi connectivity index (χ1n) is 9.50. The summed E-state index contributed by atoms with van der Waals surface area (Å²) in [5.74, 6) is 4.19. The molecule has 0 unspecified atom stereocenters. The van der Waals surface area contributed by atoms with Crippen molar-refractivity contribution in [2.45, 2.75) is 52.0 Å². The Morgan fingerprint density at radius 1 is 0.889 bits per heavy atom. The summed E-state index contributed by atoms with van der Waals surface area (Å²) in [6.45, 7) is 20.0. The molecule has 2 rings (SSSR count). The number of hydrogen-bond donors (Lipinski definition) is 0. The lowest BCUT2D eigenvalue weighted by Crippen LogP contribution is -2.40. The molecule has 3 heteroatoms. The zero-order valence-corrected chi connectivity index (χ0v) is 19.8. The van der Waals surface area contributed by atoms with Crippen molar-refractivity contribution < 1.29 is 4.43 Å². The van der Waals surface area contributed by atoms with E-state index in [1.54, 1.807) is 0 Å². The first-order chi connectivity index (χ1) is 12.4. The van der Waals surface area contributed by atoms with Gasteiger partial charge in [0.25, 0.3) is 0 Å². The third-order valence-corrected chi connectivity index (χ3v) is 12.3. The number of hydrogen-bond acceptors (Lipinski definition) is 1. The van der Waals surface area contributed by atoms with Gasteiger partial charge in [-0.25, -0.2) is 0 Å². The van der Waals surface area contributed by atoms with Crippen molar-refractivity contribution in [2.24, 2.45) is 0 Å². The van der Waals surface area contributed by atoms with Crippen LogP contribution in [0.3, 0.4) is 0 Å². The van der Waals surface area contributed by atoms with E-state index in [2.05, 4.69) is 107 Å². The fourth-order valence-electron chi connectivity index (χ4n) is 2.50. The van der Waals surface area contributed by atoms with E-state index in [4.69, 9.17) is 4.43 Å². The van der Waals surface area contributed by atoms with Crippen LogP contribution in [0.15, 0.2) is 61.2 Å². The molecule has 0 bridgehead atoms. The highest BCUT2D eigenvalue weighted by molar-refractivity contribution is 6.96. The molecule has 0 aliphatic carbocycles. The van der Waals surface area contributed by atoms with E-state index in [0.29, 0.717) is 0 Å². The Balaban J connectivity index is 2.34. The van der Waals surface area contributed by atoms with Crippen LogP contribution in [0.2, 0.25) is 31.2 Å². The monoisotopic (exact) mass is 392 g/mol. The van der Waals surface area contributed by atoms with E-state index in [-0.39, 0.29) is 5.04 Å². The molecule has 0 aliphatic heterocycles. The van der Waals surface area contributed by atoms with Gasteiger partial charge in [0.1, 0.15) is 5.76 Å². The van der Waals surface area contributed by atoms with Gasteiger partial charge in [-0.05, 0) is 29.4 Å². The molecule has 0 amide bonds. The van der Waals surface area contributed by atoms with Crippen LogP contribution in [0.4, 0.5) is 0 Å². The van der Waals surface area contributed by atoms with Crippen LogP contribution in [0.1, 0.15) is 31.9 Å². The maximum Gasteiger partial charge on any atom is 0.250 e. The van der Waals surface area contributed by atoms with Gasteiger partial charge < -0.3 is 4.43 Å². The summed E-state index contributed by atoms with van der Waals surface area (Å²) in [6.07, 6.45) is 0. The molecule has 2 aromatic rings. The van der Waals surface area contributed by atoms with Crippen LogP contribution in [-0.4, -0.2) is 16.4 Å². The number of rotatable bonds is 4. The van der Waals surface area contributed by atoms with Crippen LogP contribution >= 0.6 is 0 Å². The van der Waals surface area contributed by atoms with Crippen molar-refractivity contribution in [3.63, 3.8) is 0 Å². The minimum atomic E-state index is -1.92. The second-order valence-electron chi connectivity index (χ2n) is 9.07. The van der Waals surface area contributed by atoms with Gasteiger partial charge in [-0.1, -0.05) is 94.9 Å². The Bertz CT molecular complexity index is 862. The van der Waals surface area contributed by atoms with Gasteiger partial charge in [0.05, 0.1) is 0 Å². The molecule has 0 radical (unpaired) electrons. The fourth-order valence-corrected chi connectivity index (χ4v) is 5.15. The lowest BCUT2D eigenvalue weighted by atomic mass is 10.1. The molecule has 0 saturated heterocycles. The predicted molar refractivity (Wildman–Crippen MR) is 124 cm³/mol. The lowest BCUT2D eigenvalue weighted by molar-refractivity contribution is 0.459. The van der Waals surface area contributed by atoms with Crippen molar-refractivity contribution >= 4 is 27.3 Å². The van der Waals surface area contributed by atoms with Gasteiger partial charge in [0, 0.05) is 11.1 Å². The van der Waals surface area contributed by atoms with Crippen molar-refractivity contribution in [3.05, 3.63) is 72.3 Å². The van der Waals surface area contributed by atoms with Gasteiger partial charge in [-0.3, -0.25) is 0 Å². The summed E-state index contributed by atoms with van der Waals surface area (Å²) in [4.78, 5) is 0. The second kappa shape index (κ2) is 7.92. The Morgan fingerprint density at radius 2 is 1.44 bits per heavy atom. The van der Waals surface area contributed by atoms with E-state index < -0.39 is 16.4 Å². The van der Waals surface area contributed by atoms with E-state index in [1.165, 1.54) is 5.19 Å². The number of benzene rings is 2. The van der Waals surface area contributed by atoms with Crippen LogP contribution < -0.4 is 5.19 Å².